The standard InChI is InChI=1S/C12H17N3O2/c1-14-4-6-15(7-5-14)9-10-8-13-3-2-11(10)12(16)17/h2-3,8H,4-7,9H2,1H3,(H,16,17). The van der Waals surface area contributed by atoms with E-state index in [2.05, 4.69) is 21.8 Å². The smallest absolute Gasteiger partial charge is 0.336 e. The number of carbonyl (C=O) groups is 1. The zero-order valence-corrected chi connectivity index (χ0v) is 9.96. The highest BCUT2D eigenvalue weighted by atomic mass is 16.4. The minimum atomic E-state index is -0.878. The molecule has 1 aromatic heterocycles. The van der Waals surface area contributed by atoms with E-state index < -0.39 is 5.97 Å². The summed E-state index contributed by atoms with van der Waals surface area (Å²) in [6.07, 6.45) is 3.18. The number of likely N-dealkylation sites (N-methyl/N-ethyl adjacent to an activating group) is 1. The summed E-state index contributed by atoms with van der Waals surface area (Å²) in [7, 11) is 2.10. The van der Waals surface area contributed by atoms with Crippen molar-refractivity contribution in [2.45, 2.75) is 6.54 Å². The van der Waals surface area contributed by atoms with Gasteiger partial charge in [-0.2, -0.15) is 0 Å². The van der Waals surface area contributed by atoms with E-state index in [4.69, 9.17) is 5.11 Å². The van der Waals surface area contributed by atoms with Crippen LogP contribution < -0.4 is 0 Å². The first-order chi connectivity index (χ1) is 8.16. The number of piperazine rings is 1. The molecule has 0 saturated carbocycles. The van der Waals surface area contributed by atoms with Crippen LogP contribution in [0.2, 0.25) is 0 Å². The molecule has 0 amide bonds. The number of aromatic carboxylic acids is 1. The monoisotopic (exact) mass is 235 g/mol. The minimum Gasteiger partial charge on any atom is -0.478 e. The van der Waals surface area contributed by atoms with Gasteiger partial charge < -0.3 is 10.0 Å². The van der Waals surface area contributed by atoms with E-state index in [9.17, 15) is 4.79 Å². The molecule has 2 rings (SSSR count). The lowest BCUT2D eigenvalue weighted by Crippen LogP contribution is -2.44. The van der Waals surface area contributed by atoms with Crippen LogP contribution in [0.1, 0.15) is 15.9 Å². The van der Waals surface area contributed by atoms with Crippen molar-refractivity contribution in [2.24, 2.45) is 0 Å². The Morgan fingerprint density at radius 2 is 2.12 bits per heavy atom. The number of carboxylic acid groups (broad SMARTS) is 1. The molecule has 1 fully saturated rings. The van der Waals surface area contributed by atoms with Crippen LogP contribution in [0.15, 0.2) is 18.5 Å². The van der Waals surface area contributed by atoms with Crippen LogP contribution in [0.25, 0.3) is 0 Å². The van der Waals surface area contributed by atoms with Gasteiger partial charge in [0.25, 0.3) is 0 Å². The second-order valence-electron chi connectivity index (χ2n) is 4.42. The molecule has 0 atom stereocenters. The van der Waals surface area contributed by atoms with Gasteiger partial charge in [-0.25, -0.2) is 4.79 Å². The topological polar surface area (TPSA) is 56.7 Å². The van der Waals surface area contributed by atoms with Crippen molar-refractivity contribution in [3.63, 3.8) is 0 Å². The zero-order chi connectivity index (χ0) is 12.3. The first-order valence-electron chi connectivity index (χ1n) is 5.74. The molecule has 1 saturated heterocycles. The third-order valence-electron chi connectivity index (χ3n) is 3.12. The lowest BCUT2D eigenvalue weighted by atomic mass is 10.1. The molecule has 2 heterocycles. The molecule has 0 radical (unpaired) electrons. The number of rotatable bonds is 3. The van der Waals surface area contributed by atoms with Gasteiger partial charge in [0.1, 0.15) is 0 Å². The number of hydrogen-bond acceptors (Lipinski definition) is 4. The van der Waals surface area contributed by atoms with Gasteiger partial charge in [0.15, 0.2) is 0 Å². The summed E-state index contributed by atoms with van der Waals surface area (Å²) < 4.78 is 0. The fraction of sp³-hybridized carbons (Fsp3) is 0.500. The normalized spacial score (nSPS) is 18.2. The molecule has 0 aromatic carbocycles. The highest BCUT2D eigenvalue weighted by Gasteiger charge is 2.17. The molecule has 1 aliphatic rings. The molecule has 5 heteroatoms. The van der Waals surface area contributed by atoms with E-state index in [-0.39, 0.29) is 0 Å². The molecule has 1 N–H and O–H groups in total. The second kappa shape index (κ2) is 5.25. The van der Waals surface area contributed by atoms with Crippen molar-refractivity contribution in [3.05, 3.63) is 29.6 Å². The van der Waals surface area contributed by atoms with E-state index in [0.29, 0.717) is 12.1 Å². The maximum Gasteiger partial charge on any atom is 0.336 e. The number of aromatic nitrogens is 1. The summed E-state index contributed by atoms with van der Waals surface area (Å²) in [4.78, 5) is 19.6. The molecular weight excluding hydrogens is 218 g/mol. The quantitative estimate of drug-likeness (QED) is 0.828. The first-order valence-corrected chi connectivity index (χ1v) is 5.74. The lowest BCUT2D eigenvalue weighted by molar-refractivity contribution is 0.0693. The largest absolute Gasteiger partial charge is 0.478 e. The SMILES string of the molecule is CN1CCN(Cc2cnccc2C(=O)O)CC1. The molecule has 5 nitrogen and oxygen atoms in total. The van der Waals surface area contributed by atoms with Gasteiger partial charge in [0.2, 0.25) is 0 Å². The van der Waals surface area contributed by atoms with Crippen molar-refractivity contribution in [2.75, 3.05) is 33.2 Å². The first kappa shape index (κ1) is 12.0. The zero-order valence-electron chi connectivity index (χ0n) is 9.96. The van der Waals surface area contributed by atoms with Crippen LogP contribution in [0.4, 0.5) is 0 Å². The average Bonchev–Trinajstić information content (AvgIpc) is 2.32. The summed E-state index contributed by atoms with van der Waals surface area (Å²) in [6, 6.07) is 1.56. The van der Waals surface area contributed by atoms with Crippen LogP contribution in [0.5, 0.6) is 0 Å². The summed E-state index contributed by atoms with van der Waals surface area (Å²) in [5.41, 5.74) is 1.16. The van der Waals surface area contributed by atoms with E-state index in [1.54, 1.807) is 12.3 Å². The molecule has 0 aliphatic carbocycles. The summed E-state index contributed by atoms with van der Waals surface area (Å²) >= 11 is 0. The van der Waals surface area contributed by atoms with Gasteiger partial charge in [0, 0.05) is 45.1 Å². The molecule has 0 bridgehead atoms. The number of hydrogen-bond donors (Lipinski definition) is 1. The lowest BCUT2D eigenvalue weighted by Gasteiger charge is -2.32. The number of pyridine rings is 1. The Kier molecular flexibility index (Phi) is 3.71. The number of carboxylic acids is 1. The van der Waals surface area contributed by atoms with Gasteiger partial charge in [-0.1, -0.05) is 0 Å². The molecule has 1 aromatic rings. The Labute approximate surface area is 101 Å². The van der Waals surface area contributed by atoms with Gasteiger partial charge in [-0.05, 0) is 18.7 Å². The Morgan fingerprint density at radius 1 is 1.41 bits per heavy atom. The fourth-order valence-corrected chi connectivity index (χ4v) is 2.01. The predicted molar refractivity (Wildman–Crippen MR) is 64.0 cm³/mol. The average molecular weight is 235 g/mol. The Bertz CT molecular complexity index is 400. The second-order valence-corrected chi connectivity index (χ2v) is 4.42. The third kappa shape index (κ3) is 3.01. The molecule has 92 valence electrons. The predicted octanol–water partition coefficient (Wildman–Crippen LogP) is 0.527. The molecule has 1 aliphatic heterocycles. The van der Waals surface area contributed by atoms with Crippen molar-refractivity contribution in [3.8, 4) is 0 Å². The maximum absolute atomic E-state index is 11.1. The maximum atomic E-state index is 11.1. The van der Waals surface area contributed by atoms with Crippen molar-refractivity contribution >= 4 is 5.97 Å². The van der Waals surface area contributed by atoms with Crippen LogP contribution in [0, 0.1) is 0 Å². The van der Waals surface area contributed by atoms with Crippen LogP contribution >= 0.6 is 0 Å². The van der Waals surface area contributed by atoms with E-state index in [0.717, 1.165) is 31.7 Å². The van der Waals surface area contributed by atoms with E-state index in [1.165, 1.54) is 6.20 Å². The summed E-state index contributed by atoms with van der Waals surface area (Å²) in [5.74, 6) is -0.878. The van der Waals surface area contributed by atoms with Gasteiger partial charge >= 0.3 is 5.97 Å². The molecular formula is C12H17N3O2. The summed E-state index contributed by atoms with van der Waals surface area (Å²) in [6.45, 7) is 4.68. The highest BCUT2D eigenvalue weighted by molar-refractivity contribution is 5.89. The van der Waals surface area contributed by atoms with Gasteiger partial charge in [0.05, 0.1) is 5.56 Å². The summed E-state index contributed by atoms with van der Waals surface area (Å²) in [5, 5.41) is 9.08. The van der Waals surface area contributed by atoms with Crippen molar-refractivity contribution in [1.82, 2.24) is 14.8 Å². The van der Waals surface area contributed by atoms with Crippen LogP contribution in [-0.2, 0) is 6.54 Å². The Balaban J connectivity index is 2.05. The molecule has 17 heavy (non-hydrogen) atoms. The highest BCUT2D eigenvalue weighted by Crippen LogP contribution is 2.11. The van der Waals surface area contributed by atoms with Crippen LogP contribution in [-0.4, -0.2) is 59.1 Å². The Morgan fingerprint density at radius 3 is 2.76 bits per heavy atom. The van der Waals surface area contributed by atoms with E-state index >= 15 is 0 Å². The Hall–Kier alpha value is -1.46. The number of nitrogens with zero attached hydrogens (tertiary/aromatic N) is 3. The molecule has 0 unspecified atom stereocenters. The van der Waals surface area contributed by atoms with Crippen LogP contribution in [0.3, 0.4) is 0 Å². The van der Waals surface area contributed by atoms with Gasteiger partial charge in [-0.15, -0.1) is 0 Å². The third-order valence-corrected chi connectivity index (χ3v) is 3.12. The van der Waals surface area contributed by atoms with Crippen molar-refractivity contribution < 1.29 is 9.90 Å². The van der Waals surface area contributed by atoms with Gasteiger partial charge in [-0.3, -0.25) is 9.88 Å². The molecule has 0 spiro atoms. The fourth-order valence-electron chi connectivity index (χ4n) is 2.01. The minimum absolute atomic E-state index is 0.360. The van der Waals surface area contributed by atoms with Crippen molar-refractivity contribution in [1.29, 1.82) is 0 Å². The van der Waals surface area contributed by atoms with E-state index in [1.807, 2.05) is 0 Å².